The number of aromatic nitrogens is 4. The number of halogens is 1. The van der Waals surface area contributed by atoms with Gasteiger partial charge >= 0.3 is 0 Å². The third-order valence-corrected chi connectivity index (χ3v) is 2.30. The van der Waals surface area contributed by atoms with Crippen LogP contribution in [0.1, 0.15) is 25.5 Å². The third kappa shape index (κ3) is 1.70. The molecule has 2 heterocycles. The van der Waals surface area contributed by atoms with Gasteiger partial charge < -0.3 is 4.98 Å². The van der Waals surface area contributed by atoms with Gasteiger partial charge in [0.1, 0.15) is 17.5 Å². The highest BCUT2D eigenvalue weighted by Crippen LogP contribution is 2.15. The molecule has 78 valence electrons. The van der Waals surface area contributed by atoms with Crippen molar-refractivity contribution in [2.75, 3.05) is 0 Å². The fraction of sp³-hybridized carbons (Fsp3) is 0.333. The Morgan fingerprint density at radius 1 is 1.40 bits per heavy atom. The summed E-state index contributed by atoms with van der Waals surface area (Å²) in [6.07, 6.45) is 1.29. The molecule has 2 rings (SSSR count). The van der Waals surface area contributed by atoms with Crippen LogP contribution in [-0.2, 0) is 0 Å². The highest BCUT2D eigenvalue weighted by molar-refractivity contribution is 6.33. The number of aromatic amines is 1. The van der Waals surface area contributed by atoms with Gasteiger partial charge in [0.05, 0.1) is 0 Å². The molecule has 0 aliphatic carbocycles. The Morgan fingerprint density at radius 2 is 2.13 bits per heavy atom. The van der Waals surface area contributed by atoms with Gasteiger partial charge in [-0.1, -0.05) is 25.4 Å². The van der Waals surface area contributed by atoms with E-state index in [1.807, 2.05) is 13.8 Å². The number of hydrogen-bond donors (Lipinski definition) is 1. The molecule has 0 radical (unpaired) electrons. The minimum absolute atomic E-state index is 0.0365. The molecule has 0 aromatic carbocycles. The summed E-state index contributed by atoms with van der Waals surface area (Å²) in [5.74, 6) is 0.0365. The summed E-state index contributed by atoms with van der Waals surface area (Å²) in [5.41, 5.74) is 1.01. The SMILES string of the molecule is CC(C)c1nc2c(Cl)ncnc2[nH]c1=O. The molecular weight excluding hydrogens is 216 g/mol. The van der Waals surface area contributed by atoms with Gasteiger partial charge in [-0.25, -0.2) is 15.0 Å². The Kier molecular flexibility index (Phi) is 2.40. The first kappa shape index (κ1) is 10.0. The Balaban J connectivity index is 2.84. The zero-order valence-corrected chi connectivity index (χ0v) is 9.04. The van der Waals surface area contributed by atoms with Crippen molar-refractivity contribution in [2.24, 2.45) is 0 Å². The molecule has 0 saturated carbocycles. The van der Waals surface area contributed by atoms with E-state index in [2.05, 4.69) is 19.9 Å². The molecule has 1 N–H and O–H groups in total. The van der Waals surface area contributed by atoms with Crippen LogP contribution in [0.15, 0.2) is 11.1 Å². The molecule has 0 unspecified atom stereocenters. The van der Waals surface area contributed by atoms with Crippen molar-refractivity contribution in [3.05, 3.63) is 27.5 Å². The van der Waals surface area contributed by atoms with Gasteiger partial charge in [-0.15, -0.1) is 0 Å². The Bertz CT molecular complexity index is 564. The van der Waals surface area contributed by atoms with E-state index in [4.69, 9.17) is 11.6 Å². The van der Waals surface area contributed by atoms with Crippen LogP contribution in [0.3, 0.4) is 0 Å². The van der Waals surface area contributed by atoms with Crippen LogP contribution in [0.4, 0.5) is 0 Å². The minimum atomic E-state index is -0.229. The fourth-order valence-corrected chi connectivity index (χ4v) is 1.46. The highest BCUT2D eigenvalue weighted by Gasteiger charge is 2.11. The molecule has 0 bridgehead atoms. The number of nitrogens with one attached hydrogen (secondary N) is 1. The number of hydrogen-bond acceptors (Lipinski definition) is 4. The number of fused-ring (bicyclic) bond motifs is 1. The molecule has 0 amide bonds. The zero-order chi connectivity index (χ0) is 11.0. The Hall–Kier alpha value is -1.49. The summed E-state index contributed by atoms with van der Waals surface area (Å²) in [6, 6.07) is 0. The summed E-state index contributed by atoms with van der Waals surface area (Å²) in [6.45, 7) is 3.78. The van der Waals surface area contributed by atoms with Crippen LogP contribution in [0.25, 0.3) is 11.2 Å². The second-order valence-electron chi connectivity index (χ2n) is 3.47. The lowest BCUT2D eigenvalue weighted by Crippen LogP contribution is -2.17. The predicted molar refractivity (Wildman–Crippen MR) is 57.1 cm³/mol. The van der Waals surface area contributed by atoms with Crippen molar-refractivity contribution in [1.29, 1.82) is 0 Å². The summed E-state index contributed by atoms with van der Waals surface area (Å²) >= 11 is 5.85. The molecular formula is C9H9ClN4O. The summed E-state index contributed by atoms with van der Waals surface area (Å²) in [5, 5.41) is 0.248. The van der Waals surface area contributed by atoms with Gasteiger partial charge in [-0.05, 0) is 0 Å². The van der Waals surface area contributed by atoms with Crippen molar-refractivity contribution in [3.8, 4) is 0 Å². The van der Waals surface area contributed by atoms with Crippen LogP contribution in [0.2, 0.25) is 5.15 Å². The summed E-state index contributed by atoms with van der Waals surface area (Å²) in [4.78, 5) is 26.1. The Labute approximate surface area is 90.6 Å². The molecule has 2 aromatic heterocycles. The van der Waals surface area contributed by atoms with Gasteiger partial charge in [0.15, 0.2) is 10.8 Å². The number of nitrogens with zero attached hydrogens (tertiary/aromatic N) is 3. The zero-order valence-electron chi connectivity index (χ0n) is 8.28. The van der Waals surface area contributed by atoms with E-state index in [0.29, 0.717) is 16.9 Å². The molecule has 5 nitrogen and oxygen atoms in total. The molecule has 15 heavy (non-hydrogen) atoms. The van der Waals surface area contributed by atoms with Crippen molar-refractivity contribution in [3.63, 3.8) is 0 Å². The highest BCUT2D eigenvalue weighted by atomic mass is 35.5. The first-order chi connectivity index (χ1) is 7.09. The molecule has 0 aliphatic rings. The largest absolute Gasteiger partial charge is 0.304 e. The average Bonchev–Trinajstić information content (AvgIpc) is 2.16. The van der Waals surface area contributed by atoms with Gasteiger partial charge in [-0.3, -0.25) is 4.79 Å². The summed E-state index contributed by atoms with van der Waals surface area (Å²) < 4.78 is 0. The van der Waals surface area contributed by atoms with Gasteiger partial charge in [0.2, 0.25) is 0 Å². The predicted octanol–water partition coefficient (Wildman–Crippen LogP) is 1.49. The van der Waals surface area contributed by atoms with Crippen LogP contribution < -0.4 is 5.56 Å². The molecule has 0 atom stereocenters. The molecule has 0 fully saturated rings. The fourth-order valence-electron chi connectivity index (χ4n) is 1.28. The van der Waals surface area contributed by atoms with Crippen LogP contribution in [0.5, 0.6) is 0 Å². The maximum atomic E-state index is 11.6. The molecule has 0 saturated heterocycles. The van der Waals surface area contributed by atoms with E-state index >= 15 is 0 Å². The maximum Gasteiger partial charge on any atom is 0.271 e. The van der Waals surface area contributed by atoms with E-state index < -0.39 is 0 Å². The van der Waals surface area contributed by atoms with E-state index in [1.54, 1.807) is 0 Å². The van der Waals surface area contributed by atoms with Crippen molar-refractivity contribution < 1.29 is 0 Å². The lowest BCUT2D eigenvalue weighted by Gasteiger charge is -2.04. The molecule has 0 spiro atoms. The molecule has 0 aliphatic heterocycles. The van der Waals surface area contributed by atoms with Crippen LogP contribution in [-0.4, -0.2) is 19.9 Å². The first-order valence-electron chi connectivity index (χ1n) is 4.50. The number of rotatable bonds is 1. The van der Waals surface area contributed by atoms with Gasteiger partial charge in [-0.2, -0.15) is 0 Å². The second kappa shape index (κ2) is 3.58. The number of H-pyrrole nitrogens is 1. The monoisotopic (exact) mass is 224 g/mol. The smallest absolute Gasteiger partial charge is 0.271 e. The normalized spacial score (nSPS) is 11.2. The Morgan fingerprint density at radius 3 is 2.80 bits per heavy atom. The quantitative estimate of drug-likeness (QED) is 0.745. The molecule has 6 heteroatoms. The van der Waals surface area contributed by atoms with E-state index in [-0.39, 0.29) is 16.6 Å². The van der Waals surface area contributed by atoms with Crippen molar-refractivity contribution >= 4 is 22.8 Å². The molecule has 2 aromatic rings. The van der Waals surface area contributed by atoms with Gasteiger partial charge in [0, 0.05) is 5.92 Å². The van der Waals surface area contributed by atoms with E-state index in [9.17, 15) is 4.79 Å². The minimum Gasteiger partial charge on any atom is -0.304 e. The van der Waals surface area contributed by atoms with E-state index in [0.717, 1.165) is 0 Å². The van der Waals surface area contributed by atoms with Crippen molar-refractivity contribution in [1.82, 2.24) is 19.9 Å². The first-order valence-corrected chi connectivity index (χ1v) is 4.88. The maximum absolute atomic E-state index is 11.6. The van der Waals surface area contributed by atoms with Crippen molar-refractivity contribution in [2.45, 2.75) is 19.8 Å². The topological polar surface area (TPSA) is 71.5 Å². The standard InChI is InChI=1S/C9H9ClN4O/c1-4(2)5-9(15)14-8-6(13-5)7(10)11-3-12-8/h3-4H,1-2H3,(H,11,12,14,15). The lowest BCUT2D eigenvalue weighted by molar-refractivity contribution is 0.805. The van der Waals surface area contributed by atoms with Crippen LogP contribution in [0, 0.1) is 0 Å². The second-order valence-corrected chi connectivity index (χ2v) is 3.83. The average molecular weight is 225 g/mol. The third-order valence-electron chi connectivity index (χ3n) is 2.02. The van der Waals surface area contributed by atoms with E-state index in [1.165, 1.54) is 6.33 Å². The lowest BCUT2D eigenvalue weighted by atomic mass is 10.1. The van der Waals surface area contributed by atoms with Crippen LogP contribution >= 0.6 is 11.6 Å². The summed E-state index contributed by atoms with van der Waals surface area (Å²) in [7, 11) is 0. The van der Waals surface area contributed by atoms with Gasteiger partial charge in [0.25, 0.3) is 5.56 Å².